The van der Waals surface area contributed by atoms with Crippen LogP contribution in [0.3, 0.4) is 0 Å². The fraction of sp³-hybridized carbons (Fsp3) is 0.417. The van der Waals surface area contributed by atoms with Crippen molar-refractivity contribution in [1.29, 1.82) is 0 Å². The number of rotatable bonds is 2. The van der Waals surface area contributed by atoms with Crippen LogP contribution >= 0.6 is 0 Å². The van der Waals surface area contributed by atoms with Crippen LogP contribution in [0.1, 0.15) is 35.2 Å². The Bertz CT molecular complexity index is 935. The summed E-state index contributed by atoms with van der Waals surface area (Å²) in [5.41, 5.74) is 5.50. The van der Waals surface area contributed by atoms with Crippen molar-refractivity contribution in [3.63, 3.8) is 0 Å². The number of hydrogen-bond donors (Lipinski definition) is 1. The van der Waals surface area contributed by atoms with Crippen LogP contribution in [0.25, 0.3) is 0 Å². The van der Waals surface area contributed by atoms with Gasteiger partial charge in [0.2, 0.25) is 5.91 Å². The van der Waals surface area contributed by atoms with E-state index in [9.17, 15) is 9.59 Å². The van der Waals surface area contributed by atoms with E-state index in [0.717, 1.165) is 16.8 Å². The summed E-state index contributed by atoms with van der Waals surface area (Å²) in [7, 11) is 0. The minimum atomic E-state index is -0.0534. The molecule has 152 valence electrons. The van der Waals surface area contributed by atoms with Crippen molar-refractivity contribution in [2.24, 2.45) is 11.8 Å². The lowest BCUT2D eigenvalue weighted by Crippen LogP contribution is -2.38. The smallest absolute Gasteiger partial charge is 0.321 e. The molecule has 29 heavy (non-hydrogen) atoms. The van der Waals surface area contributed by atoms with Crippen molar-refractivity contribution in [3.8, 4) is 0 Å². The quantitative estimate of drug-likeness (QED) is 0.830. The Morgan fingerprint density at radius 2 is 1.66 bits per heavy atom. The van der Waals surface area contributed by atoms with Crippen molar-refractivity contribution >= 4 is 17.6 Å². The molecule has 5 heteroatoms. The standard InChI is InChI=1S/C24H29N3O2/c1-15-9-16(2)11-20(10-15)25-24(29)26-12-19-13-27(18(4)28)23(22(19)14-26)21-8-6-5-7-17(21)3/h5-11,19,22-23H,12-14H2,1-4H3,(H,25,29)/t19-,22-,23-/m1/s1. The second-order valence-corrected chi connectivity index (χ2v) is 8.61. The molecule has 2 aromatic carbocycles. The predicted octanol–water partition coefficient (Wildman–Crippen LogP) is 4.30. The predicted molar refractivity (Wildman–Crippen MR) is 115 cm³/mol. The van der Waals surface area contributed by atoms with E-state index in [0.29, 0.717) is 25.6 Å². The Labute approximate surface area is 172 Å². The van der Waals surface area contributed by atoms with Crippen molar-refractivity contribution < 1.29 is 9.59 Å². The molecule has 0 spiro atoms. The lowest BCUT2D eigenvalue weighted by atomic mass is 9.87. The molecule has 1 N–H and O–H groups in total. The molecule has 2 aliphatic heterocycles. The van der Waals surface area contributed by atoms with Gasteiger partial charge in [-0.25, -0.2) is 4.79 Å². The Morgan fingerprint density at radius 1 is 0.966 bits per heavy atom. The molecule has 0 aliphatic carbocycles. The first-order valence-electron chi connectivity index (χ1n) is 10.3. The minimum absolute atomic E-state index is 0.0396. The second kappa shape index (κ2) is 7.54. The number of benzene rings is 2. The highest BCUT2D eigenvalue weighted by Gasteiger charge is 2.49. The van der Waals surface area contributed by atoms with E-state index in [1.807, 2.05) is 47.9 Å². The van der Waals surface area contributed by atoms with Gasteiger partial charge in [-0.3, -0.25) is 4.79 Å². The van der Waals surface area contributed by atoms with Gasteiger partial charge in [0.25, 0.3) is 0 Å². The Morgan fingerprint density at radius 3 is 2.31 bits per heavy atom. The average Bonchev–Trinajstić information content (AvgIpc) is 3.19. The third-order valence-electron chi connectivity index (χ3n) is 6.34. The maximum atomic E-state index is 12.9. The summed E-state index contributed by atoms with van der Waals surface area (Å²) in [5, 5.41) is 3.06. The molecule has 2 aliphatic rings. The molecular formula is C24H29N3O2. The summed E-state index contributed by atoms with van der Waals surface area (Å²) in [5.74, 6) is 0.692. The molecule has 0 unspecified atom stereocenters. The van der Waals surface area contributed by atoms with E-state index in [4.69, 9.17) is 0 Å². The van der Waals surface area contributed by atoms with Crippen LogP contribution in [0.15, 0.2) is 42.5 Å². The number of likely N-dealkylation sites (tertiary alicyclic amines) is 2. The third-order valence-corrected chi connectivity index (χ3v) is 6.34. The van der Waals surface area contributed by atoms with Gasteiger partial charge in [-0.1, -0.05) is 30.3 Å². The van der Waals surface area contributed by atoms with Crippen molar-refractivity contribution in [2.45, 2.75) is 33.7 Å². The molecule has 3 amide bonds. The van der Waals surface area contributed by atoms with Crippen molar-refractivity contribution in [3.05, 3.63) is 64.7 Å². The Hall–Kier alpha value is -2.82. The monoisotopic (exact) mass is 391 g/mol. The summed E-state index contributed by atoms with van der Waals surface area (Å²) in [6.07, 6.45) is 0. The first-order valence-corrected chi connectivity index (χ1v) is 10.3. The minimum Gasteiger partial charge on any atom is -0.335 e. The molecule has 2 heterocycles. The van der Waals surface area contributed by atoms with E-state index in [2.05, 4.69) is 30.4 Å². The summed E-state index contributed by atoms with van der Waals surface area (Å²) < 4.78 is 0. The number of aryl methyl sites for hydroxylation is 3. The van der Waals surface area contributed by atoms with Gasteiger partial charge < -0.3 is 15.1 Å². The molecule has 2 aromatic rings. The molecule has 0 radical (unpaired) electrons. The fourth-order valence-electron chi connectivity index (χ4n) is 5.10. The van der Waals surface area contributed by atoms with Crippen molar-refractivity contribution in [1.82, 2.24) is 9.80 Å². The van der Waals surface area contributed by atoms with E-state index < -0.39 is 0 Å². The van der Waals surface area contributed by atoms with E-state index in [1.54, 1.807) is 6.92 Å². The van der Waals surface area contributed by atoms with E-state index in [1.165, 1.54) is 11.1 Å². The normalized spacial score (nSPS) is 23.2. The molecule has 0 bridgehead atoms. The third kappa shape index (κ3) is 3.74. The number of hydrogen-bond acceptors (Lipinski definition) is 2. The Kier molecular flexibility index (Phi) is 5.07. The van der Waals surface area contributed by atoms with Gasteiger partial charge in [-0.15, -0.1) is 0 Å². The number of carbonyl (C=O) groups excluding carboxylic acids is 2. The fourth-order valence-corrected chi connectivity index (χ4v) is 5.10. The number of nitrogens with one attached hydrogen (secondary N) is 1. The lowest BCUT2D eigenvalue weighted by Gasteiger charge is -2.30. The molecule has 3 atom stereocenters. The zero-order valence-corrected chi connectivity index (χ0v) is 17.6. The number of fused-ring (bicyclic) bond motifs is 1. The highest BCUT2D eigenvalue weighted by atomic mass is 16.2. The SMILES string of the molecule is CC(=O)N1C[C@H]2CN(C(=O)Nc3cc(C)cc(C)c3)C[C@H]2[C@H]1c1ccccc1C. The number of nitrogens with zero attached hydrogens (tertiary/aromatic N) is 2. The number of anilines is 1. The lowest BCUT2D eigenvalue weighted by molar-refractivity contribution is -0.130. The maximum absolute atomic E-state index is 12.9. The highest BCUT2D eigenvalue weighted by Crippen LogP contribution is 2.45. The summed E-state index contributed by atoms with van der Waals surface area (Å²) >= 11 is 0. The zero-order valence-electron chi connectivity index (χ0n) is 17.6. The second-order valence-electron chi connectivity index (χ2n) is 8.61. The van der Waals surface area contributed by atoms with Crippen LogP contribution < -0.4 is 5.32 Å². The number of amides is 3. The van der Waals surface area contributed by atoms with Crippen LogP contribution in [0, 0.1) is 32.6 Å². The van der Waals surface area contributed by atoms with Gasteiger partial charge >= 0.3 is 6.03 Å². The first-order chi connectivity index (χ1) is 13.8. The first kappa shape index (κ1) is 19.5. The van der Waals surface area contributed by atoms with Crippen molar-refractivity contribution in [2.75, 3.05) is 25.0 Å². The highest BCUT2D eigenvalue weighted by molar-refractivity contribution is 5.89. The van der Waals surface area contributed by atoms with Crippen LogP contribution in [0.5, 0.6) is 0 Å². The molecule has 0 saturated carbocycles. The van der Waals surface area contributed by atoms with Gasteiger partial charge in [0.15, 0.2) is 0 Å². The maximum Gasteiger partial charge on any atom is 0.321 e. The van der Waals surface area contributed by atoms with Gasteiger partial charge in [0.1, 0.15) is 0 Å². The van der Waals surface area contributed by atoms with Gasteiger partial charge in [-0.05, 0) is 55.2 Å². The molecule has 2 fully saturated rings. The van der Waals surface area contributed by atoms with Crippen LogP contribution in [0.2, 0.25) is 0 Å². The molecule has 2 saturated heterocycles. The molecule has 4 rings (SSSR count). The van der Waals surface area contributed by atoms with Gasteiger partial charge in [-0.2, -0.15) is 0 Å². The number of carbonyl (C=O) groups is 2. The zero-order chi connectivity index (χ0) is 20.7. The van der Waals surface area contributed by atoms with Crippen LogP contribution in [-0.2, 0) is 4.79 Å². The van der Waals surface area contributed by atoms with E-state index >= 15 is 0 Å². The summed E-state index contributed by atoms with van der Waals surface area (Å²) in [4.78, 5) is 29.2. The van der Waals surface area contributed by atoms with Crippen LogP contribution in [-0.4, -0.2) is 41.4 Å². The van der Waals surface area contributed by atoms with E-state index in [-0.39, 0.29) is 23.9 Å². The summed E-state index contributed by atoms with van der Waals surface area (Å²) in [6, 6.07) is 14.4. The molecular weight excluding hydrogens is 362 g/mol. The summed E-state index contributed by atoms with van der Waals surface area (Å²) in [6.45, 7) is 9.89. The topological polar surface area (TPSA) is 52.7 Å². The average molecular weight is 392 g/mol. The van der Waals surface area contributed by atoms with Gasteiger partial charge in [0.05, 0.1) is 6.04 Å². The van der Waals surface area contributed by atoms with Crippen LogP contribution in [0.4, 0.5) is 10.5 Å². The largest absolute Gasteiger partial charge is 0.335 e. The van der Waals surface area contributed by atoms with Gasteiger partial charge in [0, 0.05) is 44.1 Å². The Balaban J connectivity index is 1.54. The number of urea groups is 1. The molecule has 0 aromatic heterocycles. The molecule has 5 nitrogen and oxygen atoms in total.